The number of halogens is 1. The summed E-state index contributed by atoms with van der Waals surface area (Å²) in [6, 6.07) is 7.62. The van der Waals surface area contributed by atoms with Crippen molar-refractivity contribution >= 4 is 24.3 Å². The third kappa shape index (κ3) is 4.14. The summed E-state index contributed by atoms with van der Waals surface area (Å²) in [5.41, 5.74) is 2.25. The van der Waals surface area contributed by atoms with Crippen LogP contribution in [0.25, 0.3) is 0 Å². The van der Waals surface area contributed by atoms with Crippen molar-refractivity contribution < 1.29 is 14.3 Å². The number of aromatic amines is 1. The van der Waals surface area contributed by atoms with Crippen molar-refractivity contribution in [1.29, 1.82) is 0 Å². The predicted octanol–water partition coefficient (Wildman–Crippen LogP) is 2.28. The number of hydrogen-bond donors (Lipinski definition) is 1. The molecule has 1 aromatic heterocycles. The lowest BCUT2D eigenvalue weighted by Crippen LogP contribution is -2.48. The molecule has 1 atom stereocenters. The minimum atomic E-state index is -0.212. The Hall–Kier alpha value is -2.38. The van der Waals surface area contributed by atoms with Gasteiger partial charge in [-0.15, -0.1) is 12.4 Å². The Kier molecular flexibility index (Phi) is 6.13. The molecule has 8 heteroatoms. The summed E-state index contributed by atoms with van der Waals surface area (Å²) in [6.07, 6.45) is 4.76. The van der Waals surface area contributed by atoms with E-state index < -0.39 is 0 Å². The number of imidazole rings is 1. The van der Waals surface area contributed by atoms with E-state index in [4.69, 9.17) is 4.74 Å². The molecule has 144 valence electrons. The average Bonchev–Trinajstić information content (AvgIpc) is 3.31. The summed E-state index contributed by atoms with van der Waals surface area (Å²) >= 11 is 0. The molecular weight excluding hydrogens is 368 g/mol. The maximum Gasteiger partial charge on any atom is 0.339 e. The van der Waals surface area contributed by atoms with Crippen molar-refractivity contribution in [3.8, 4) is 0 Å². The van der Waals surface area contributed by atoms with Crippen LogP contribution in [0.5, 0.6) is 0 Å². The lowest BCUT2D eigenvalue weighted by atomic mass is 10.0. The Morgan fingerprint density at radius 3 is 2.74 bits per heavy atom. The van der Waals surface area contributed by atoms with Crippen LogP contribution in [0.3, 0.4) is 0 Å². The SMILES string of the molecule is Cl.O=C1OC(CCCN2CCN(C(=O)c3cnc[nH]3)CC2)c2ccccc21. The van der Waals surface area contributed by atoms with Gasteiger partial charge in [-0.25, -0.2) is 9.78 Å². The Morgan fingerprint density at radius 1 is 1.22 bits per heavy atom. The standard InChI is InChI=1S/C19H22N4O3.ClH/c24-18(16-12-20-13-21-16)23-10-8-22(9-11-23)7-3-6-17-14-4-1-2-5-15(14)19(25)26-17;/h1-2,4-5,12-13,17H,3,6-11H2,(H,20,21);1H. The second-order valence-electron chi connectivity index (χ2n) is 6.72. The fraction of sp³-hybridized carbons (Fsp3) is 0.421. The monoisotopic (exact) mass is 390 g/mol. The normalized spacial score (nSPS) is 19.3. The first kappa shape index (κ1) is 19.4. The topological polar surface area (TPSA) is 78.5 Å². The molecule has 1 saturated heterocycles. The van der Waals surface area contributed by atoms with Gasteiger partial charge in [-0.2, -0.15) is 0 Å². The van der Waals surface area contributed by atoms with Crippen molar-refractivity contribution in [3.63, 3.8) is 0 Å². The molecule has 0 aliphatic carbocycles. The molecule has 1 aromatic carbocycles. The average molecular weight is 391 g/mol. The van der Waals surface area contributed by atoms with Gasteiger partial charge in [-0.3, -0.25) is 9.69 Å². The molecular formula is C19H23ClN4O3. The number of carbonyl (C=O) groups excluding carboxylic acids is 2. The molecule has 1 unspecified atom stereocenters. The van der Waals surface area contributed by atoms with Gasteiger partial charge in [0.15, 0.2) is 0 Å². The number of ether oxygens (including phenoxy) is 1. The maximum absolute atomic E-state index is 12.3. The number of nitrogens with zero attached hydrogens (tertiary/aromatic N) is 3. The first-order valence-electron chi connectivity index (χ1n) is 9.02. The number of hydrogen-bond acceptors (Lipinski definition) is 5. The lowest BCUT2D eigenvalue weighted by Gasteiger charge is -2.34. The third-order valence-corrected chi connectivity index (χ3v) is 5.11. The summed E-state index contributed by atoms with van der Waals surface area (Å²) in [5, 5.41) is 0. The van der Waals surface area contributed by atoms with Crippen LogP contribution in [0.2, 0.25) is 0 Å². The van der Waals surface area contributed by atoms with Crippen molar-refractivity contribution in [2.24, 2.45) is 0 Å². The number of benzene rings is 1. The number of piperazine rings is 1. The van der Waals surface area contributed by atoms with Crippen molar-refractivity contribution in [2.45, 2.75) is 18.9 Å². The highest BCUT2D eigenvalue weighted by molar-refractivity contribution is 5.94. The fourth-order valence-corrected chi connectivity index (χ4v) is 3.65. The molecule has 3 heterocycles. The van der Waals surface area contributed by atoms with Gasteiger partial charge < -0.3 is 14.6 Å². The molecule has 0 bridgehead atoms. The number of carbonyl (C=O) groups is 2. The second kappa shape index (κ2) is 8.54. The zero-order valence-electron chi connectivity index (χ0n) is 15.0. The number of fused-ring (bicyclic) bond motifs is 1. The molecule has 2 aliphatic heterocycles. The van der Waals surface area contributed by atoms with Crippen molar-refractivity contribution in [1.82, 2.24) is 19.8 Å². The quantitative estimate of drug-likeness (QED) is 0.792. The molecule has 2 aliphatic rings. The van der Waals surface area contributed by atoms with Crippen LogP contribution in [0.15, 0.2) is 36.8 Å². The van der Waals surface area contributed by atoms with Crippen LogP contribution in [-0.4, -0.2) is 64.4 Å². The van der Waals surface area contributed by atoms with Gasteiger partial charge in [0.2, 0.25) is 0 Å². The zero-order valence-corrected chi connectivity index (χ0v) is 15.8. The highest BCUT2D eigenvalue weighted by Gasteiger charge is 2.30. The van der Waals surface area contributed by atoms with Gasteiger partial charge in [0.05, 0.1) is 18.1 Å². The van der Waals surface area contributed by atoms with Crippen LogP contribution < -0.4 is 0 Å². The highest BCUT2D eigenvalue weighted by Crippen LogP contribution is 2.33. The minimum Gasteiger partial charge on any atom is -0.454 e. The van der Waals surface area contributed by atoms with Gasteiger partial charge in [-0.05, 0) is 25.5 Å². The summed E-state index contributed by atoms with van der Waals surface area (Å²) in [7, 11) is 0. The number of H-pyrrole nitrogens is 1. The summed E-state index contributed by atoms with van der Waals surface area (Å²) < 4.78 is 5.49. The van der Waals surface area contributed by atoms with Crippen LogP contribution in [0.4, 0.5) is 0 Å². The molecule has 4 rings (SSSR count). The van der Waals surface area contributed by atoms with E-state index in [-0.39, 0.29) is 30.4 Å². The van der Waals surface area contributed by atoms with Gasteiger partial charge >= 0.3 is 5.97 Å². The van der Waals surface area contributed by atoms with E-state index in [1.807, 2.05) is 29.2 Å². The lowest BCUT2D eigenvalue weighted by molar-refractivity contribution is 0.0353. The van der Waals surface area contributed by atoms with E-state index in [2.05, 4.69) is 14.9 Å². The van der Waals surface area contributed by atoms with E-state index in [1.165, 1.54) is 6.33 Å². The first-order valence-corrected chi connectivity index (χ1v) is 9.02. The number of nitrogens with one attached hydrogen (secondary N) is 1. The van der Waals surface area contributed by atoms with E-state index in [0.717, 1.165) is 51.1 Å². The van der Waals surface area contributed by atoms with Crippen LogP contribution in [0.1, 0.15) is 45.4 Å². The Bertz CT molecular complexity index is 788. The van der Waals surface area contributed by atoms with Crippen molar-refractivity contribution in [2.75, 3.05) is 32.7 Å². The minimum absolute atomic E-state index is 0. The first-order chi connectivity index (χ1) is 12.7. The van der Waals surface area contributed by atoms with E-state index in [9.17, 15) is 9.59 Å². The zero-order chi connectivity index (χ0) is 17.9. The molecule has 0 spiro atoms. The molecule has 7 nitrogen and oxygen atoms in total. The van der Waals surface area contributed by atoms with Crippen LogP contribution >= 0.6 is 12.4 Å². The predicted molar refractivity (Wildman–Crippen MR) is 102 cm³/mol. The molecule has 1 amide bonds. The van der Waals surface area contributed by atoms with E-state index in [1.54, 1.807) is 6.20 Å². The maximum atomic E-state index is 12.3. The number of rotatable bonds is 5. The Morgan fingerprint density at radius 2 is 2.00 bits per heavy atom. The molecule has 0 saturated carbocycles. The molecule has 1 N–H and O–H groups in total. The van der Waals surface area contributed by atoms with Crippen LogP contribution in [-0.2, 0) is 4.74 Å². The van der Waals surface area contributed by atoms with E-state index >= 15 is 0 Å². The Balaban J connectivity index is 0.00000210. The summed E-state index contributed by atoms with van der Waals surface area (Å²) in [6.45, 7) is 4.11. The van der Waals surface area contributed by atoms with Crippen molar-refractivity contribution in [3.05, 3.63) is 53.6 Å². The molecule has 0 radical (unpaired) electrons. The smallest absolute Gasteiger partial charge is 0.339 e. The molecule has 1 fully saturated rings. The number of aromatic nitrogens is 2. The van der Waals surface area contributed by atoms with Gasteiger partial charge in [0.25, 0.3) is 5.91 Å². The van der Waals surface area contributed by atoms with Gasteiger partial charge in [-0.1, -0.05) is 18.2 Å². The Labute approximate surface area is 164 Å². The second-order valence-corrected chi connectivity index (χ2v) is 6.72. The molecule has 27 heavy (non-hydrogen) atoms. The summed E-state index contributed by atoms with van der Waals surface area (Å²) in [5.74, 6) is -0.201. The number of esters is 1. The third-order valence-electron chi connectivity index (χ3n) is 5.11. The van der Waals surface area contributed by atoms with Crippen LogP contribution in [0, 0.1) is 0 Å². The highest BCUT2D eigenvalue weighted by atomic mass is 35.5. The number of cyclic esters (lactones) is 1. The fourth-order valence-electron chi connectivity index (χ4n) is 3.65. The van der Waals surface area contributed by atoms with E-state index in [0.29, 0.717) is 11.3 Å². The van der Waals surface area contributed by atoms with Gasteiger partial charge in [0, 0.05) is 31.7 Å². The largest absolute Gasteiger partial charge is 0.454 e. The number of amides is 1. The van der Waals surface area contributed by atoms with Gasteiger partial charge in [0.1, 0.15) is 11.8 Å². The summed E-state index contributed by atoms with van der Waals surface area (Å²) in [4.78, 5) is 35.1. The molecule has 2 aromatic rings.